The quantitative estimate of drug-likeness (QED) is 0.407. The zero-order chi connectivity index (χ0) is 26.7. The fourth-order valence-corrected chi connectivity index (χ4v) is 6.43. The van der Waals surface area contributed by atoms with E-state index in [0.717, 1.165) is 13.1 Å². The van der Waals surface area contributed by atoms with E-state index in [0.29, 0.717) is 5.92 Å². The summed E-state index contributed by atoms with van der Waals surface area (Å²) in [6.07, 6.45) is 1.21. The van der Waals surface area contributed by atoms with Gasteiger partial charge in [0.15, 0.2) is 0 Å². The SMILES string of the molecule is CCC(C)c1ccc(C[N+]2(C)CC[N+](C)(Cc3ccc(C[N+]4(C)CC[N+](C)(CC)CC4)cc3)CC2)cc1. The number of nitrogens with zero attached hydrogens (tertiary/aromatic N) is 4. The van der Waals surface area contributed by atoms with Gasteiger partial charge in [0, 0.05) is 16.7 Å². The second-order valence-electron chi connectivity index (χ2n) is 13.9. The van der Waals surface area contributed by atoms with Crippen LogP contribution in [0.15, 0.2) is 48.5 Å². The fourth-order valence-electron chi connectivity index (χ4n) is 6.43. The maximum absolute atomic E-state index is 2.47. The fraction of sp³-hybridized carbons (Fsp3) is 0.636. The molecule has 0 spiro atoms. The van der Waals surface area contributed by atoms with Gasteiger partial charge in [-0.1, -0.05) is 62.4 Å². The summed E-state index contributed by atoms with van der Waals surface area (Å²) in [4.78, 5) is 0. The third-order valence-corrected chi connectivity index (χ3v) is 10.4. The summed E-state index contributed by atoms with van der Waals surface area (Å²) in [5.74, 6) is 0.659. The standard InChI is InChI=1S/C33H56N4/c1-8-29(3)33-16-14-32(15-17-33)28-37(7)24-22-36(6,23-25-37)27-31-12-10-30(11-13-31)26-35(5)20-18-34(4,9-2)19-21-35/h10-17,29H,8-9,18-28H2,1-7H3/q+4. The van der Waals surface area contributed by atoms with E-state index in [2.05, 4.69) is 97.5 Å². The lowest BCUT2D eigenvalue weighted by Gasteiger charge is -2.46. The van der Waals surface area contributed by atoms with Gasteiger partial charge in [-0.15, -0.1) is 0 Å². The molecule has 2 aromatic carbocycles. The van der Waals surface area contributed by atoms with Crippen molar-refractivity contribution in [3.63, 3.8) is 0 Å². The first kappa shape index (κ1) is 28.3. The molecule has 204 valence electrons. The van der Waals surface area contributed by atoms with Crippen LogP contribution >= 0.6 is 0 Å². The highest BCUT2D eigenvalue weighted by atomic mass is 15.5. The zero-order valence-electron chi connectivity index (χ0n) is 25.2. The number of likely N-dealkylation sites (N-methyl/N-ethyl adjacent to an activating group) is 4. The van der Waals surface area contributed by atoms with Crippen molar-refractivity contribution < 1.29 is 17.9 Å². The molecule has 2 aromatic rings. The Balaban J connectivity index is 1.28. The zero-order valence-corrected chi connectivity index (χ0v) is 25.2. The molecule has 2 heterocycles. The van der Waals surface area contributed by atoms with E-state index >= 15 is 0 Å². The molecular weight excluding hydrogens is 452 g/mol. The minimum Gasteiger partial charge on any atom is -0.317 e. The molecule has 0 amide bonds. The molecule has 2 saturated heterocycles. The van der Waals surface area contributed by atoms with Crippen LogP contribution in [0.4, 0.5) is 0 Å². The molecular formula is C33H56N4+4. The van der Waals surface area contributed by atoms with Gasteiger partial charge in [-0.3, -0.25) is 0 Å². The molecule has 4 rings (SSSR count). The molecule has 0 bridgehead atoms. The third kappa shape index (κ3) is 7.23. The lowest BCUT2D eigenvalue weighted by Crippen LogP contribution is -2.63. The molecule has 0 N–H and O–H groups in total. The van der Waals surface area contributed by atoms with Crippen LogP contribution in [-0.4, -0.2) is 105 Å². The number of hydrogen-bond donors (Lipinski definition) is 0. The molecule has 2 aliphatic rings. The molecule has 2 aliphatic heterocycles. The van der Waals surface area contributed by atoms with Gasteiger partial charge in [0.25, 0.3) is 0 Å². The lowest BCUT2D eigenvalue weighted by atomic mass is 9.97. The normalized spacial score (nSPS) is 33.3. The van der Waals surface area contributed by atoms with Crippen molar-refractivity contribution in [2.45, 2.75) is 52.7 Å². The van der Waals surface area contributed by atoms with Gasteiger partial charge in [-0.05, 0) is 24.8 Å². The summed E-state index contributed by atoms with van der Waals surface area (Å²) >= 11 is 0. The molecule has 1 atom stereocenters. The lowest BCUT2D eigenvalue weighted by molar-refractivity contribution is -1.03. The Labute approximate surface area is 228 Å². The van der Waals surface area contributed by atoms with Crippen molar-refractivity contribution in [3.8, 4) is 0 Å². The van der Waals surface area contributed by atoms with Crippen molar-refractivity contribution in [2.75, 3.05) is 87.1 Å². The van der Waals surface area contributed by atoms with Crippen LogP contribution in [0, 0.1) is 0 Å². The summed E-state index contributed by atoms with van der Waals surface area (Å²) in [5.41, 5.74) is 5.97. The van der Waals surface area contributed by atoms with E-state index in [1.165, 1.54) is 112 Å². The Kier molecular flexibility index (Phi) is 8.55. The summed E-state index contributed by atoms with van der Waals surface area (Å²) in [5, 5.41) is 0. The highest BCUT2D eigenvalue weighted by Gasteiger charge is 2.38. The van der Waals surface area contributed by atoms with E-state index in [1.54, 1.807) is 0 Å². The van der Waals surface area contributed by atoms with E-state index in [9.17, 15) is 0 Å². The molecule has 2 fully saturated rings. The third-order valence-electron chi connectivity index (χ3n) is 10.4. The molecule has 4 nitrogen and oxygen atoms in total. The van der Waals surface area contributed by atoms with Crippen LogP contribution in [0.5, 0.6) is 0 Å². The van der Waals surface area contributed by atoms with Crippen molar-refractivity contribution in [3.05, 3.63) is 70.8 Å². The number of rotatable bonds is 9. The molecule has 37 heavy (non-hydrogen) atoms. The monoisotopic (exact) mass is 508 g/mol. The highest BCUT2D eigenvalue weighted by Crippen LogP contribution is 2.25. The molecule has 1 unspecified atom stereocenters. The Morgan fingerprint density at radius 2 is 0.811 bits per heavy atom. The van der Waals surface area contributed by atoms with Gasteiger partial charge in [-0.25, -0.2) is 0 Å². The first-order chi connectivity index (χ1) is 17.5. The average Bonchev–Trinajstić information content (AvgIpc) is 2.89. The minimum absolute atomic E-state index is 0.659. The molecule has 0 aliphatic carbocycles. The highest BCUT2D eigenvalue weighted by molar-refractivity contribution is 5.24. The summed E-state index contributed by atoms with van der Waals surface area (Å²) < 4.78 is 4.77. The second-order valence-corrected chi connectivity index (χ2v) is 13.9. The first-order valence-electron chi connectivity index (χ1n) is 15.0. The van der Waals surface area contributed by atoms with Crippen molar-refractivity contribution >= 4 is 0 Å². The van der Waals surface area contributed by atoms with E-state index in [1.807, 2.05) is 0 Å². The van der Waals surface area contributed by atoms with E-state index < -0.39 is 0 Å². The largest absolute Gasteiger partial charge is 0.317 e. The molecule has 4 heteroatoms. The van der Waals surface area contributed by atoms with Gasteiger partial charge in [0.2, 0.25) is 0 Å². The Morgan fingerprint density at radius 1 is 0.514 bits per heavy atom. The molecule has 0 saturated carbocycles. The van der Waals surface area contributed by atoms with Gasteiger partial charge in [-0.2, -0.15) is 0 Å². The van der Waals surface area contributed by atoms with Crippen LogP contribution in [0.2, 0.25) is 0 Å². The van der Waals surface area contributed by atoms with E-state index in [4.69, 9.17) is 0 Å². The van der Waals surface area contributed by atoms with Crippen molar-refractivity contribution in [2.24, 2.45) is 0 Å². The van der Waals surface area contributed by atoms with Gasteiger partial charge in [0.05, 0.1) is 34.7 Å². The maximum atomic E-state index is 2.47. The number of quaternary nitrogens is 4. The predicted octanol–water partition coefficient (Wildman–Crippen LogP) is 5.23. The summed E-state index contributed by atoms with van der Waals surface area (Å²) in [6.45, 7) is 21.9. The van der Waals surface area contributed by atoms with Gasteiger partial charge in [0.1, 0.15) is 72.0 Å². The van der Waals surface area contributed by atoms with Crippen LogP contribution in [-0.2, 0) is 19.6 Å². The summed E-state index contributed by atoms with van der Waals surface area (Å²) in [6, 6.07) is 19.1. The topological polar surface area (TPSA) is 0 Å². The van der Waals surface area contributed by atoms with Crippen LogP contribution < -0.4 is 0 Å². The molecule has 0 aromatic heterocycles. The van der Waals surface area contributed by atoms with E-state index in [-0.39, 0.29) is 0 Å². The smallest absolute Gasteiger partial charge is 0.129 e. The first-order valence-corrected chi connectivity index (χ1v) is 15.0. The van der Waals surface area contributed by atoms with Crippen molar-refractivity contribution in [1.29, 1.82) is 0 Å². The Morgan fingerprint density at radius 3 is 1.11 bits per heavy atom. The Bertz CT molecular complexity index is 994. The number of benzene rings is 2. The number of piperazine rings is 2. The Hall–Kier alpha value is -1.72. The van der Waals surface area contributed by atoms with Crippen LogP contribution in [0.25, 0.3) is 0 Å². The second kappa shape index (κ2) is 11.2. The van der Waals surface area contributed by atoms with Crippen LogP contribution in [0.1, 0.15) is 55.4 Å². The number of hydrogen-bond acceptors (Lipinski definition) is 0. The maximum Gasteiger partial charge on any atom is 0.129 e. The minimum atomic E-state index is 0.659. The molecule has 0 radical (unpaired) electrons. The van der Waals surface area contributed by atoms with Gasteiger partial charge < -0.3 is 17.9 Å². The van der Waals surface area contributed by atoms with Crippen molar-refractivity contribution in [1.82, 2.24) is 0 Å². The predicted molar refractivity (Wildman–Crippen MR) is 157 cm³/mol. The average molecular weight is 509 g/mol. The van der Waals surface area contributed by atoms with Gasteiger partial charge >= 0.3 is 0 Å². The summed E-state index contributed by atoms with van der Waals surface area (Å²) in [7, 11) is 9.82. The van der Waals surface area contributed by atoms with Crippen LogP contribution in [0.3, 0.4) is 0 Å².